The fraction of sp³-hybridized carbons (Fsp3) is 0.238. The van der Waals surface area contributed by atoms with E-state index in [1.54, 1.807) is 17.0 Å². The van der Waals surface area contributed by atoms with Crippen molar-refractivity contribution in [3.63, 3.8) is 0 Å². The van der Waals surface area contributed by atoms with Crippen LogP contribution < -0.4 is 4.90 Å². The van der Waals surface area contributed by atoms with Gasteiger partial charge < -0.3 is 9.80 Å². The van der Waals surface area contributed by atoms with Crippen molar-refractivity contribution in [3.05, 3.63) is 70.9 Å². The molecule has 0 N–H and O–H groups in total. The number of aromatic nitrogens is 1. The van der Waals surface area contributed by atoms with Crippen molar-refractivity contribution >= 4 is 34.1 Å². The van der Waals surface area contributed by atoms with Gasteiger partial charge in [0.25, 0.3) is 0 Å². The summed E-state index contributed by atoms with van der Waals surface area (Å²) in [5.41, 5.74) is 1.42. The van der Waals surface area contributed by atoms with Gasteiger partial charge in [0, 0.05) is 37.4 Å². The summed E-state index contributed by atoms with van der Waals surface area (Å²) in [4.78, 5) is 20.3. The van der Waals surface area contributed by atoms with E-state index in [1.165, 1.54) is 6.20 Å². The molecule has 7 heteroatoms. The molecule has 0 spiro atoms. The van der Waals surface area contributed by atoms with Gasteiger partial charge in [-0.25, -0.2) is 8.78 Å². The third-order valence-corrected chi connectivity index (χ3v) is 5.41. The fourth-order valence-electron chi connectivity index (χ4n) is 3.55. The quantitative estimate of drug-likeness (QED) is 0.664. The fourth-order valence-corrected chi connectivity index (χ4v) is 3.76. The number of piperazine rings is 1. The van der Waals surface area contributed by atoms with Crippen LogP contribution in [0.3, 0.4) is 0 Å². The Morgan fingerprint density at radius 2 is 1.71 bits per heavy atom. The van der Waals surface area contributed by atoms with Crippen molar-refractivity contribution in [1.29, 1.82) is 0 Å². The summed E-state index contributed by atoms with van der Waals surface area (Å²) >= 11 is 6.14. The Balaban J connectivity index is 1.49. The smallest absolute Gasteiger partial charge is 0.227 e. The van der Waals surface area contributed by atoms with Gasteiger partial charge in [-0.3, -0.25) is 9.78 Å². The van der Waals surface area contributed by atoms with E-state index in [9.17, 15) is 13.6 Å². The SMILES string of the molecule is O=C(Cc1ccccc1Cl)N1CCN(c2ccnc3c(F)ccc(F)c23)CC1. The van der Waals surface area contributed by atoms with E-state index in [2.05, 4.69) is 4.98 Å². The lowest BCUT2D eigenvalue weighted by Crippen LogP contribution is -2.49. The van der Waals surface area contributed by atoms with Crippen LogP contribution >= 0.6 is 11.6 Å². The second-order valence-corrected chi connectivity index (χ2v) is 7.13. The average molecular weight is 402 g/mol. The van der Waals surface area contributed by atoms with Crippen LogP contribution in [0.2, 0.25) is 5.02 Å². The molecule has 0 bridgehead atoms. The molecule has 1 aliphatic rings. The highest BCUT2D eigenvalue weighted by molar-refractivity contribution is 6.31. The zero-order valence-corrected chi connectivity index (χ0v) is 15.8. The first-order valence-electron chi connectivity index (χ1n) is 9.03. The summed E-state index contributed by atoms with van der Waals surface area (Å²) in [5.74, 6) is -1.05. The van der Waals surface area contributed by atoms with Gasteiger partial charge in [-0.2, -0.15) is 0 Å². The Labute approximate surface area is 166 Å². The normalized spacial score (nSPS) is 14.5. The van der Waals surface area contributed by atoms with Gasteiger partial charge in [-0.1, -0.05) is 29.8 Å². The van der Waals surface area contributed by atoms with Gasteiger partial charge in [0.1, 0.15) is 17.2 Å². The van der Waals surface area contributed by atoms with E-state index >= 15 is 0 Å². The van der Waals surface area contributed by atoms with Crippen LogP contribution in [-0.4, -0.2) is 42.0 Å². The van der Waals surface area contributed by atoms with E-state index in [4.69, 9.17) is 11.6 Å². The number of pyridine rings is 1. The molecule has 1 aromatic heterocycles. The molecule has 4 nitrogen and oxygen atoms in total. The average Bonchev–Trinajstić information content (AvgIpc) is 2.72. The van der Waals surface area contributed by atoms with Crippen LogP contribution in [0.5, 0.6) is 0 Å². The number of rotatable bonds is 3. The number of carbonyl (C=O) groups is 1. The number of nitrogens with zero attached hydrogens (tertiary/aromatic N) is 3. The lowest BCUT2D eigenvalue weighted by molar-refractivity contribution is -0.130. The molecule has 144 valence electrons. The third kappa shape index (κ3) is 3.52. The van der Waals surface area contributed by atoms with Crippen molar-refractivity contribution in [2.45, 2.75) is 6.42 Å². The topological polar surface area (TPSA) is 36.4 Å². The third-order valence-electron chi connectivity index (χ3n) is 5.04. The maximum absolute atomic E-state index is 14.4. The second kappa shape index (κ2) is 7.72. The Kier molecular flexibility index (Phi) is 5.13. The van der Waals surface area contributed by atoms with Gasteiger partial charge in [0.2, 0.25) is 5.91 Å². The highest BCUT2D eigenvalue weighted by Gasteiger charge is 2.24. The minimum absolute atomic E-state index is 0.00422. The van der Waals surface area contributed by atoms with E-state index in [1.807, 2.05) is 23.1 Å². The first kappa shape index (κ1) is 18.6. The Hall–Kier alpha value is -2.73. The summed E-state index contributed by atoms with van der Waals surface area (Å²) in [7, 11) is 0. The Morgan fingerprint density at radius 3 is 2.46 bits per heavy atom. The van der Waals surface area contributed by atoms with E-state index in [0.717, 1.165) is 17.7 Å². The number of halogens is 3. The highest BCUT2D eigenvalue weighted by Crippen LogP contribution is 2.30. The number of carbonyl (C=O) groups excluding carboxylic acids is 1. The minimum Gasteiger partial charge on any atom is -0.367 e. The van der Waals surface area contributed by atoms with Crippen LogP contribution in [0.15, 0.2) is 48.7 Å². The number of fused-ring (bicyclic) bond motifs is 1. The summed E-state index contributed by atoms with van der Waals surface area (Å²) in [6.07, 6.45) is 1.73. The molecule has 2 aromatic carbocycles. The van der Waals surface area contributed by atoms with Gasteiger partial charge in [-0.05, 0) is 29.8 Å². The first-order valence-corrected chi connectivity index (χ1v) is 9.41. The number of hydrogen-bond donors (Lipinski definition) is 0. The van der Waals surface area contributed by atoms with Crippen molar-refractivity contribution < 1.29 is 13.6 Å². The molecule has 0 saturated carbocycles. The van der Waals surface area contributed by atoms with Crippen LogP contribution in [-0.2, 0) is 11.2 Å². The van der Waals surface area contributed by atoms with Crippen molar-refractivity contribution in [2.24, 2.45) is 0 Å². The zero-order chi connectivity index (χ0) is 19.7. The van der Waals surface area contributed by atoms with Gasteiger partial charge >= 0.3 is 0 Å². The molecule has 0 aliphatic carbocycles. The Morgan fingerprint density at radius 1 is 1.00 bits per heavy atom. The molecule has 3 aromatic rings. The monoisotopic (exact) mass is 401 g/mol. The van der Waals surface area contributed by atoms with E-state index < -0.39 is 11.6 Å². The van der Waals surface area contributed by atoms with Gasteiger partial charge in [0.05, 0.1) is 17.5 Å². The second-order valence-electron chi connectivity index (χ2n) is 6.72. The highest BCUT2D eigenvalue weighted by atomic mass is 35.5. The van der Waals surface area contributed by atoms with Crippen LogP contribution in [0.25, 0.3) is 10.9 Å². The van der Waals surface area contributed by atoms with Crippen molar-refractivity contribution in [2.75, 3.05) is 31.1 Å². The lowest BCUT2D eigenvalue weighted by atomic mass is 10.1. The zero-order valence-electron chi connectivity index (χ0n) is 15.0. The molecule has 4 rings (SSSR count). The largest absolute Gasteiger partial charge is 0.367 e. The Bertz CT molecular complexity index is 1040. The van der Waals surface area contributed by atoms with Gasteiger partial charge in [-0.15, -0.1) is 0 Å². The predicted octanol–water partition coefficient (Wildman–Crippen LogP) is 4.06. The van der Waals surface area contributed by atoms with Gasteiger partial charge in [0.15, 0.2) is 0 Å². The van der Waals surface area contributed by atoms with Crippen LogP contribution in [0.1, 0.15) is 5.56 Å². The molecule has 1 fully saturated rings. The first-order chi connectivity index (χ1) is 13.5. The molecule has 1 saturated heterocycles. The summed E-state index contributed by atoms with van der Waals surface area (Å²) < 4.78 is 28.4. The molecule has 28 heavy (non-hydrogen) atoms. The summed E-state index contributed by atoms with van der Waals surface area (Å²) in [5, 5.41) is 0.758. The number of hydrogen-bond acceptors (Lipinski definition) is 3. The molecular formula is C21H18ClF2N3O. The molecule has 1 aliphatic heterocycles. The number of anilines is 1. The summed E-state index contributed by atoms with van der Waals surface area (Å²) in [6, 6.07) is 11.2. The number of benzene rings is 2. The maximum atomic E-state index is 14.4. The number of amides is 1. The van der Waals surface area contributed by atoms with Crippen LogP contribution in [0, 0.1) is 11.6 Å². The van der Waals surface area contributed by atoms with E-state index in [0.29, 0.717) is 36.9 Å². The lowest BCUT2D eigenvalue weighted by Gasteiger charge is -2.36. The van der Waals surface area contributed by atoms with Crippen molar-refractivity contribution in [1.82, 2.24) is 9.88 Å². The predicted molar refractivity (Wildman–Crippen MR) is 106 cm³/mol. The standard InChI is InChI=1S/C21H18ClF2N3O/c22-15-4-2-1-3-14(15)13-19(28)27-11-9-26(10-12-27)18-7-8-25-21-17(24)6-5-16(23)20(18)21/h1-8H,9-13H2. The van der Waals surface area contributed by atoms with Crippen molar-refractivity contribution in [3.8, 4) is 0 Å². The molecule has 0 unspecified atom stereocenters. The van der Waals surface area contributed by atoms with E-state index in [-0.39, 0.29) is 23.2 Å². The molecule has 0 radical (unpaired) electrons. The summed E-state index contributed by atoms with van der Waals surface area (Å²) in [6.45, 7) is 2.07. The molecule has 0 atom stereocenters. The maximum Gasteiger partial charge on any atom is 0.227 e. The van der Waals surface area contributed by atoms with Crippen LogP contribution in [0.4, 0.5) is 14.5 Å². The molecular weight excluding hydrogens is 384 g/mol. The minimum atomic E-state index is -0.549. The molecule has 1 amide bonds. The molecule has 2 heterocycles.